The molecule has 4 amide bonds. The molecule has 0 unspecified atom stereocenters. The molecule has 1 fully saturated rings. The van der Waals surface area contributed by atoms with Crippen LogP contribution >= 0.6 is 0 Å². The molecule has 0 bridgehead atoms. The number of benzene rings is 6. The molecule has 0 radical (unpaired) electrons. The van der Waals surface area contributed by atoms with E-state index in [9.17, 15) is 19.5 Å². The molecule has 6 aromatic rings. The predicted octanol–water partition coefficient (Wildman–Crippen LogP) is 9.02. The van der Waals surface area contributed by atoms with Gasteiger partial charge in [-0.05, 0) is 107 Å². The second-order valence-corrected chi connectivity index (χ2v) is 24.9. The third kappa shape index (κ3) is 7.46. The highest BCUT2D eigenvalue weighted by atomic mass is 28.3. The minimum Gasteiger partial charge on any atom is -0.497 e. The van der Waals surface area contributed by atoms with Crippen molar-refractivity contribution in [3.05, 3.63) is 173 Å². The second-order valence-electron chi connectivity index (χ2n) is 20.2. The number of carbonyl (C=O) groups is 4. The first-order valence-electron chi connectivity index (χ1n) is 24.6. The molecule has 1 spiro atoms. The van der Waals surface area contributed by atoms with Gasteiger partial charge in [0.1, 0.15) is 5.75 Å². The lowest BCUT2D eigenvalue weighted by atomic mass is 9.82. The average molecular weight is 951 g/mol. The third-order valence-electron chi connectivity index (χ3n) is 16.1. The maximum Gasteiger partial charge on any atom is 0.264 e. The monoisotopic (exact) mass is 950 g/mol. The molecular formula is C58H58N4O7Si. The summed E-state index contributed by atoms with van der Waals surface area (Å²) in [5.74, 6) is -0.0236. The Morgan fingerprint density at radius 1 is 0.714 bits per heavy atom. The summed E-state index contributed by atoms with van der Waals surface area (Å²) in [6.07, 6.45) is 2.01. The number of nitrogens with zero attached hydrogens (tertiary/aromatic N) is 4. The van der Waals surface area contributed by atoms with Crippen molar-refractivity contribution >= 4 is 65.3 Å². The number of hydrogen-bond acceptors (Lipinski definition) is 7. The fraction of sp³-hybridized carbons (Fsp3) is 0.310. The number of hydrogen-bond donors (Lipinski definition) is 1. The first-order valence-corrected chi connectivity index (χ1v) is 27.7. The first-order chi connectivity index (χ1) is 33.9. The quantitative estimate of drug-likeness (QED) is 0.136. The van der Waals surface area contributed by atoms with E-state index in [2.05, 4.69) is 50.3 Å². The Balaban J connectivity index is 1.01. The molecule has 1 N–H and O–H groups in total. The Labute approximate surface area is 410 Å². The Morgan fingerprint density at radius 3 is 1.93 bits per heavy atom. The van der Waals surface area contributed by atoms with Gasteiger partial charge in [-0.25, -0.2) is 0 Å². The Bertz CT molecular complexity index is 3050. The van der Waals surface area contributed by atoms with E-state index in [1.54, 1.807) is 21.8 Å². The lowest BCUT2D eigenvalue weighted by molar-refractivity contribution is -0.151. The summed E-state index contributed by atoms with van der Waals surface area (Å²) in [6.45, 7) is 7.13. The molecule has 12 heteroatoms. The lowest BCUT2D eigenvalue weighted by Gasteiger charge is -2.39. The minimum absolute atomic E-state index is 0.0160. The van der Waals surface area contributed by atoms with Crippen molar-refractivity contribution in [3.63, 3.8) is 0 Å². The average Bonchev–Trinajstić information content (AvgIpc) is 3.81. The van der Waals surface area contributed by atoms with Gasteiger partial charge in [0, 0.05) is 42.2 Å². The zero-order chi connectivity index (χ0) is 48.5. The van der Waals surface area contributed by atoms with Crippen LogP contribution < -0.4 is 24.6 Å². The molecule has 11 nitrogen and oxygen atoms in total. The van der Waals surface area contributed by atoms with Crippen LogP contribution in [0.3, 0.4) is 0 Å². The maximum atomic E-state index is 16.0. The van der Waals surface area contributed by atoms with Gasteiger partial charge in [0.15, 0.2) is 5.60 Å². The molecular weight excluding hydrogens is 893 g/mol. The first kappa shape index (κ1) is 45.6. The van der Waals surface area contributed by atoms with E-state index in [0.717, 1.165) is 55.8 Å². The van der Waals surface area contributed by atoms with Crippen LogP contribution in [0.4, 0.5) is 28.4 Å². The number of fused-ring (bicyclic) bond motifs is 5. The summed E-state index contributed by atoms with van der Waals surface area (Å²) in [6, 6.07) is 45.5. The van der Waals surface area contributed by atoms with Crippen LogP contribution in [0.5, 0.6) is 5.75 Å². The number of rotatable bonds is 10. The summed E-state index contributed by atoms with van der Waals surface area (Å²) in [5.41, 5.74) is 7.96. The summed E-state index contributed by atoms with van der Waals surface area (Å²) in [7, 11) is -1.02. The van der Waals surface area contributed by atoms with E-state index in [-0.39, 0.29) is 48.7 Å². The molecule has 0 aromatic heterocycles. The van der Waals surface area contributed by atoms with E-state index < -0.39 is 31.7 Å². The Hall–Kier alpha value is -6.86. The fourth-order valence-electron chi connectivity index (χ4n) is 12.5. The van der Waals surface area contributed by atoms with Crippen molar-refractivity contribution in [1.29, 1.82) is 0 Å². The van der Waals surface area contributed by atoms with E-state index in [4.69, 9.17) is 9.47 Å². The van der Waals surface area contributed by atoms with Crippen LogP contribution in [0.25, 0.3) is 0 Å². The molecule has 6 aromatic carbocycles. The Kier molecular flexibility index (Phi) is 11.6. The molecule has 11 rings (SSSR count). The molecule has 356 valence electrons. The molecule has 5 aliphatic rings. The number of amides is 4. The number of carbonyl (C=O) groups excluding carboxylic acids is 4. The summed E-state index contributed by atoms with van der Waals surface area (Å²) >= 11 is 0. The zero-order valence-electron chi connectivity index (χ0n) is 40.1. The van der Waals surface area contributed by atoms with Gasteiger partial charge in [0.2, 0.25) is 17.7 Å². The molecule has 1 saturated heterocycles. The Morgan fingerprint density at radius 2 is 1.30 bits per heavy atom. The zero-order valence-corrected chi connectivity index (χ0v) is 41.1. The van der Waals surface area contributed by atoms with Crippen molar-refractivity contribution in [2.24, 2.45) is 5.92 Å². The van der Waals surface area contributed by atoms with Gasteiger partial charge in [-0.2, -0.15) is 0 Å². The van der Waals surface area contributed by atoms with E-state index in [0.29, 0.717) is 55.6 Å². The van der Waals surface area contributed by atoms with E-state index in [1.165, 1.54) is 0 Å². The van der Waals surface area contributed by atoms with Crippen LogP contribution in [0.2, 0.25) is 18.6 Å². The molecule has 5 atom stereocenters. The van der Waals surface area contributed by atoms with Crippen molar-refractivity contribution in [3.8, 4) is 5.75 Å². The predicted molar refractivity (Wildman–Crippen MR) is 274 cm³/mol. The highest BCUT2D eigenvalue weighted by Gasteiger charge is 2.67. The van der Waals surface area contributed by atoms with Crippen molar-refractivity contribution in [2.75, 3.05) is 28.4 Å². The molecule has 70 heavy (non-hydrogen) atoms. The molecule has 5 aliphatic heterocycles. The van der Waals surface area contributed by atoms with Crippen LogP contribution in [0, 0.1) is 5.92 Å². The maximum absolute atomic E-state index is 16.0. The third-order valence-corrected chi connectivity index (χ3v) is 20.4. The highest BCUT2D eigenvalue weighted by Crippen LogP contribution is 2.61. The molecule has 5 heterocycles. The number of para-hydroxylation sites is 2. The van der Waals surface area contributed by atoms with Gasteiger partial charge in [0.25, 0.3) is 5.91 Å². The smallest absolute Gasteiger partial charge is 0.264 e. The minimum atomic E-state index is -2.67. The number of aliphatic hydroxyl groups is 1. The van der Waals surface area contributed by atoms with Crippen LogP contribution in [0.15, 0.2) is 140 Å². The SMILES string of the molecule is COc1ccc([Si](C)(C)[C@H]2[C@H](CC(=O)N3Cc4ccccc4C[C@H]3CO)O[C@@]3(C(=O)N(Cc4ccc(N5C(=O)CCc6ccccc65)cc4)c4ccc(N5C(=O)CCc6ccccc65)cc43)[C@@H]2C)cc1. The van der Waals surface area contributed by atoms with Gasteiger partial charge >= 0.3 is 0 Å². The number of methoxy groups -OCH3 is 1. The normalized spacial score (nSPS) is 22.8. The van der Waals surface area contributed by atoms with Crippen molar-refractivity contribution in [2.45, 2.75) is 94.9 Å². The van der Waals surface area contributed by atoms with Crippen LogP contribution in [-0.2, 0) is 61.9 Å². The lowest BCUT2D eigenvalue weighted by Crippen LogP contribution is -2.52. The van der Waals surface area contributed by atoms with Gasteiger partial charge in [-0.15, -0.1) is 0 Å². The van der Waals surface area contributed by atoms with E-state index >= 15 is 4.79 Å². The summed E-state index contributed by atoms with van der Waals surface area (Å²) in [4.78, 5) is 65.6. The standard InChI is InChI=1S/C58H58N4O7Si/c1-37-56(70(3,4)47-26-24-46(68-2)25-27-47)52(33-55(66)59-35-42-14-6-5-13-41(42)31-45(59)36-63)69-58(37)48-32-44(62-50-16-10-8-12-40(50)20-30-54(62)65)23-28-51(48)60(57(58)67)34-38-17-21-43(22-18-38)61-49-15-9-7-11-39(49)19-29-53(61)64/h5-18,21-28,32,37,45,52,56,63H,19-20,29-31,33-36H2,1-4H3/t37-,45+,52+,56-,58+/m1/s1. The topological polar surface area (TPSA) is 120 Å². The van der Waals surface area contributed by atoms with Gasteiger partial charge < -0.3 is 24.4 Å². The molecule has 0 aliphatic carbocycles. The summed E-state index contributed by atoms with van der Waals surface area (Å²) < 4.78 is 13.1. The largest absolute Gasteiger partial charge is 0.497 e. The van der Waals surface area contributed by atoms with Gasteiger partial charge in [-0.3, -0.25) is 29.0 Å². The van der Waals surface area contributed by atoms with Gasteiger partial charge in [0.05, 0.1) is 64.0 Å². The van der Waals surface area contributed by atoms with Crippen LogP contribution in [0.1, 0.15) is 59.6 Å². The highest BCUT2D eigenvalue weighted by molar-refractivity contribution is 6.91. The number of aryl methyl sites for hydroxylation is 2. The van der Waals surface area contributed by atoms with Crippen LogP contribution in [-0.4, -0.2) is 67.6 Å². The number of aliphatic hydroxyl groups excluding tert-OH is 1. The van der Waals surface area contributed by atoms with Gasteiger partial charge in [-0.1, -0.05) is 110 Å². The molecule has 0 saturated carbocycles. The van der Waals surface area contributed by atoms with Crippen molar-refractivity contribution < 1.29 is 33.8 Å². The second kappa shape index (κ2) is 17.8. The summed E-state index contributed by atoms with van der Waals surface area (Å²) in [5, 5.41) is 11.8. The fourth-order valence-corrected chi connectivity index (χ4v) is 16.5. The number of ether oxygens (including phenoxy) is 2. The van der Waals surface area contributed by atoms with E-state index in [1.807, 2.05) is 114 Å². The van der Waals surface area contributed by atoms with Crippen molar-refractivity contribution in [1.82, 2.24) is 4.90 Å². The number of anilines is 5.